The van der Waals surface area contributed by atoms with Crippen molar-refractivity contribution in [3.05, 3.63) is 187 Å². The van der Waals surface area contributed by atoms with Crippen LogP contribution in [-0.2, 0) is 10.8 Å². The summed E-state index contributed by atoms with van der Waals surface area (Å²) in [5.74, 6) is 0. The van der Waals surface area contributed by atoms with Crippen LogP contribution in [-0.4, -0.2) is 12.3 Å². The van der Waals surface area contributed by atoms with Crippen molar-refractivity contribution in [2.45, 2.75) is 76.7 Å². The predicted molar refractivity (Wildman–Crippen MR) is 265 cm³/mol. The summed E-state index contributed by atoms with van der Waals surface area (Å²) in [6.45, 7) is 12.2. The van der Waals surface area contributed by atoms with Crippen LogP contribution in [0.25, 0.3) is 21.9 Å². The molecule has 8 aromatic rings. The third-order valence-corrected chi connectivity index (χ3v) is 15.3. The molecule has 2 atom stereocenters. The Labute approximate surface area is 367 Å². The molecule has 302 valence electrons. The molecular weight excluding hydrogens is 749 g/mol. The van der Waals surface area contributed by atoms with E-state index in [0.29, 0.717) is 0 Å². The first-order valence-electron chi connectivity index (χ1n) is 22.7. The minimum atomic E-state index is -0.0135. The van der Waals surface area contributed by atoms with Crippen molar-refractivity contribution in [1.29, 1.82) is 0 Å². The number of anilines is 8. The standard InChI is InChI=1S/C58H52BN3/c1-56(2,3)41-31-34-50(45(37-41)40-19-8-6-9-20-40)61(49-28-16-22-39-21-12-13-25-44(39)49)43-32-33-47-53(38-43)60(42-23-10-7-11-24-42)51-29-18-30-52-54(51)59(47)48-27-17-26-46-55(48)62(52)58(5)36-15-14-35-57(46,58)4/h6-13,16-34,37-38H,14-15,35-36H2,1-5H3. The van der Waals surface area contributed by atoms with E-state index in [2.05, 4.69) is 225 Å². The van der Waals surface area contributed by atoms with Gasteiger partial charge in [0.05, 0.1) is 16.9 Å². The van der Waals surface area contributed by atoms with E-state index in [1.54, 1.807) is 0 Å². The summed E-state index contributed by atoms with van der Waals surface area (Å²) in [5, 5.41) is 2.44. The molecule has 3 aliphatic heterocycles. The molecule has 3 nitrogen and oxygen atoms in total. The summed E-state index contributed by atoms with van der Waals surface area (Å²) >= 11 is 0. The fourth-order valence-corrected chi connectivity index (χ4v) is 12.1. The topological polar surface area (TPSA) is 9.72 Å². The van der Waals surface area contributed by atoms with E-state index in [0.717, 1.165) is 17.1 Å². The summed E-state index contributed by atoms with van der Waals surface area (Å²) in [4.78, 5) is 7.90. The Morgan fingerprint density at radius 1 is 0.581 bits per heavy atom. The third kappa shape index (κ3) is 5.19. The van der Waals surface area contributed by atoms with Crippen molar-refractivity contribution in [2.24, 2.45) is 0 Å². The minimum absolute atomic E-state index is 0.00342. The van der Waals surface area contributed by atoms with Gasteiger partial charge in [-0.05, 0) is 118 Å². The van der Waals surface area contributed by atoms with Crippen LogP contribution in [0.1, 0.15) is 71.4 Å². The Morgan fingerprint density at radius 3 is 2.11 bits per heavy atom. The molecular formula is C58H52BN3. The van der Waals surface area contributed by atoms with E-state index >= 15 is 0 Å². The Bertz CT molecular complexity index is 3070. The summed E-state index contributed by atoms with van der Waals surface area (Å²) in [5.41, 5.74) is 19.5. The van der Waals surface area contributed by atoms with Crippen LogP contribution in [0.15, 0.2) is 176 Å². The van der Waals surface area contributed by atoms with E-state index < -0.39 is 0 Å². The highest BCUT2D eigenvalue weighted by Gasteiger charge is 2.61. The van der Waals surface area contributed by atoms with Crippen LogP contribution in [0.5, 0.6) is 0 Å². The lowest BCUT2D eigenvalue weighted by molar-refractivity contribution is 0.195. The third-order valence-electron chi connectivity index (χ3n) is 15.3. The number of fused-ring (bicyclic) bond motifs is 8. The molecule has 0 radical (unpaired) electrons. The second kappa shape index (κ2) is 13.5. The highest BCUT2D eigenvalue weighted by Crippen LogP contribution is 2.61. The Balaban J connectivity index is 1.14. The maximum absolute atomic E-state index is 2.81. The summed E-state index contributed by atoms with van der Waals surface area (Å²) in [6, 6.07) is 66.5. The fourth-order valence-electron chi connectivity index (χ4n) is 12.1. The average molecular weight is 802 g/mol. The molecule has 1 aliphatic carbocycles. The van der Waals surface area contributed by atoms with Crippen LogP contribution in [0.3, 0.4) is 0 Å². The van der Waals surface area contributed by atoms with Gasteiger partial charge in [-0.2, -0.15) is 0 Å². The molecule has 0 N–H and O–H groups in total. The smallest absolute Gasteiger partial charge is 0.252 e. The van der Waals surface area contributed by atoms with Crippen molar-refractivity contribution in [2.75, 3.05) is 14.7 Å². The van der Waals surface area contributed by atoms with Gasteiger partial charge in [-0.1, -0.05) is 162 Å². The molecule has 2 unspecified atom stereocenters. The van der Waals surface area contributed by atoms with E-state index in [1.807, 2.05) is 0 Å². The fraction of sp³-hybridized carbons (Fsp3) is 0.207. The maximum atomic E-state index is 2.81. The Morgan fingerprint density at radius 2 is 1.29 bits per heavy atom. The van der Waals surface area contributed by atoms with Gasteiger partial charge in [-0.15, -0.1) is 0 Å². The summed E-state index contributed by atoms with van der Waals surface area (Å²) < 4.78 is 0. The van der Waals surface area contributed by atoms with Gasteiger partial charge in [0.15, 0.2) is 0 Å². The van der Waals surface area contributed by atoms with Gasteiger partial charge in [0.2, 0.25) is 0 Å². The minimum Gasteiger partial charge on any atom is -0.335 e. The lowest BCUT2D eigenvalue weighted by Crippen LogP contribution is -2.64. The first-order valence-corrected chi connectivity index (χ1v) is 22.7. The van der Waals surface area contributed by atoms with E-state index in [-0.39, 0.29) is 23.1 Å². The number of para-hydroxylation sites is 2. The van der Waals surface area contributed by atoms with Crippen molar-refractivity contribution < 1.29 is 0 Å². The zero-order valence-corrected chi connectivity index (χ0v) is 36.5. The molecule has 8 aromatic carbocycles. The van der Waals surface area contributed by atoms with Gasteiger partial charge in [-0.25, -0.2) is 0 Å². The highest BCUT2D eigenvalue weighted by molar-refractivity contribution is 7.00. The first-order chi connectivity index (χ1) is 30.2. The largest absolute Gasteiger partial charge is 0.335 e. The van der Waals surface area contributed by atoms with E-state index in [1.165, 1.54) is 104 Å². The summed E-state index contributed by atoms with van der Waals surface area (Å²) in [6.07, 6.45) is 4.97. The Hall–Kier alpha value is -6.52. The molecule has 4 aliphatic rings. The second-order valence-electron chi connectivity index (χ2n) is 19.6. The van der Waals surface area contributed by atoms with Gasteiger partial charge in [0.25, 0.3) is 6.71 Å². The molecule has 0 spiro atoms. The van der Waals surface area contributed by atoms with Gasteiger partial charge in [0, 0.05) is 50.5 Å². The predicted octanol–water partition coefficient (Wildman–Crippen LogP) is 13.6. The molecule has 1 fully saturated rings. The normalized spacial score (nSPS) is 19.5. The monoisotopic (exact) mass is 801 g/mol. The van der Waals surface area contributed by atoms with Gasteiger partial charge in [0.1, 0.15) is 0 Å². The lowest BCUT2D eigenvalue weighted by Gasteiger charge is -2.52. The van der Waals surface area contributed by atoms with Crippen LogP contribution >= 0.6 is 0 Å². The summed E-state index contributed by atoms with van der Waals surface area (Å²) in [7, 11) is 0. The van der Waals surface area contributed by atoms with E-state index in [9.17, 15) is 0 Å². The van der Waals surface area contributed by atoms with Gasteiger partial charge >= 0.3 is 0 Å². The lowest BCUT2D eigenvalue weighted by atomic mass is 9.33. The van der Waals surface area contributed by atoms with Crippen LogP contribution in [0.4, 0.5) is 45.5 Å². The molecule has 1 saturated carbocycles. The highest BCUT2D eigenvalue weighted by atomic mass is 15.3. The molecule has 62 heavy (non-hydrogen) atoms. The second-order valence-corrected chi connectivity index (χ2v) is 19.6. The van der Waals surface area contributed by atoms with Crippen molar-refractivity contribution in [3.63, 3.8) is 0 Å². The quantitative estimate of drug-likeness (QED) is 0.161. The average Bonchev–Trinajstić information content (AvgIpc) is 3.51. The number of hydrogen-bond donors (Lipinski definition) is 0. The van der Waals surface area contributed by atoms with Crippen molar-refractivity contribution in [1.82, 2.24) is 0 Å². The van der Waals surface area contributed by atoms with Crippen molar-refractivity contribution >= 4 is 79.4 Å². The van der Waals surface area contributed by atoms with Crippen LogP contribution < -0.4 is 31.1 Å². The number of rotatable bonds is 5. The van der Waals surface area contributed by atoms with E-state index in [4.69, 9.17) is 0 Å². The van der Waals surface area contributed by atoms with Gasteiger partial charge in [-0.3, -0.25) is 0 Å². The zero-order chi connectivity index (χ0) is 42.0. The molecule has 3 heterocycles. The molecule has 12 rings (SSSR count). The van der Waals surface area contributed by atoms with Gasteiger partial charge < -0.3 is 14.7 Å². The molecule has 0 bridgehead atoms. The van der Waals surface area contributed by atoms with Crippen LogP contribution in [0.2, 0.25) is 0 Å². The number of benzene rings is 8. The van der Waals surface area contributed by atoms with Crippen LogP contribution in [0, 0.1) is 0 Å². The maximum Gasteiger partial charge on any atom is 0.252 e. The molecule has 4 heteroatoms. The number of nitrogens with zero attached hydrogens (tertiary/aromatic N) is 3. The number of hydrogen-bond acceptors (Lipinski definition) is 3. The first kappa shape index (κ1) is 37.3. The zero-order valence-electron chi connectivity index (χ0n) is 36.5. The molecule has 0 aromatic heterocycles. The molecule has 0 amide bonds. The molecule has 0 saturated heterocycles. The SMILES string of the molecule is CC(C)(C)c1ccc(N(c2ccc3c(c2)N(c2ccccc2)c2cccc4c2B3c2cccc3c2N4C2(C)CCCCC32C)c2cccc3ccccc23)c(-c2ccccc2)c1. The van der Waals surface area contributed by atoms with Crippen molar-refractivity contribution in [3.8, 4) is 11.1 Å². The Kier molecular flexibility index (Phi) is 8.11.